The molecule has 142 valence electrons. The zero-order valence-electron chi connectivity index (χ0n) is 16.7. The van der Waals surface area contributed by atoms with Gasteiger partial charge in [-0.15, -0.1) is 0 Å². The van der Waals surface area contributed by atoms with Crippen LogP contribution in [-0.4, -0.2) is 35.5 Å². The van der Waals surface area contributed by atoms with Crippen molar-refractivity contribution in [3.05, 3.63) is 35.9 Å². The standard InChI is InChI=1S/C22H31NO3/c1-20(2,3)26-19(25)23-14-12-17-21(4,5)18(24)11-13-22(17,15-23)16-9-7-6-8-10-16/h6-10,17H,11-15H2,1-5H3/t17-,22+/m0/s1. The summed E-state index contributed by atoms with van der Waals surface area (Å²) in [6, 6.07) is 10.4. The SMILES string of the molecule is CC(C)(C)OC(=O)N1CC[C@H]2C(C)(C)C(=O)CC[C@]2(c2ccccc2)C1. The van der Waals surface area contributed by atoms with E-state index in [1.165, 1.54) is 5.56 Å². The molecule has 1 amide bonds. The molecule has 0 aromatic heterocycles. The minimum absolute atomic E-state index is 0.187. The summed E-state index contributed by atoms with van der Waals surface area (Å²) in [7, 11) is 0. The highest BCUT2D eigenvalue weighted by molar-refractivity contribution is 5.86. The Morgan fingerprint density at radius 3 is 2.46 bits per heavy atom. The lowest BCUT2D eigenvalue weighted by Gasteiger charge is -2.56. The summed E-state index contributed by atoms with van der Waals surface area (Å²) in [5, 5.41) is 0. The number of piperidine rings is 1. The fourth-order valence-corrected chi connectivity index (χ4v) is 4.94. The van der Waals surface area contributed by atoms with Crippen LogP contribution in [0, 0.1) is 11.3 Å². The molecule has 0 radical (unpaired) electrons. The third kappa shape index (κ3) is 3.26. The van der Waals surface area contributed by atoms with Crippen LogP contribution in [0.3, 0.4) is 0 Å². The molecule has 0 bridgehead atoms. The second-order valence-corrected chi connectivity index (χ2v) is 9.41. The van der Waals surface area contributed by atoms with Gasteiger partial charge in [0.05, 0.1) is 0 Å². The summed E-state index contributed by atoms with van der Waals surface area (Å²) in [6.07, 6.45) is 1.94. The lowest BCUT2D eigenvalue weighted by atomic mass is 9.51. The van der Waals surface area contributed by atoms with E-state index in [2.05, 4.69) is 38.1 Å². The molecule has 2 aliphatic rings. The molecular weight excluding hydrogens is 326 g/mol. The van der Waals surface area contributed by atoms with Gasteiger partial charge in [-0.2, -0.15) is 0 Å². The molecule has 2 atom stereocenters. The predicted molar refractivity (Wildman–Crippen MR) is 102 cm³/mol. The lowest BCUT2D eigenvalue weighted by molar-refractivity contribution is -0.139. The molecule has 1 aromatic rings. The van der Waals surface area contributed by atoms with Gasteiger partial charge in [-0.3, -0.25) is 4.79 Å². The normalized spacial score (nSPS) is 28.4. The average Bonchev–Trinajstić information content (AvgIpc) is 2.57. The molecule has 1 aliphatic heterocycles. The van der Waals surface area contributed by atoms with Gasteiger partial charge in [-0.25, -0.2) is 4.79 Å². The van der Waals surface area contributed by atoms with E-state index in [-0.39, 0.29) is 22.8 Å². The Morgan fingerprint density at radius 1 is 1.19 bits per heavy atom. The van der Waals surface area contributed by atoms with Gasteiger partial charge in [-0.05, 0) is 45.1 Å². The second kappa shape index (κ2) is 6.40. The lowest BCUT2D eigenvalue weighted by Crippen LogP contribution is -2.61. The number of carbonyl (C=O) groups is 2. The number of hydrogen-bond acceptors (Lipinski definition) is 3. The first kappa shape index (κ1) is 18.9. The molecule has 1 aliphatic carbocycles. The Kier molecular flexibility index (Phi) is 4.66. The van der Waals surface area contributed by atoms with Crippen molar-refractivity contribution < 1.29 is 14.3 Å². The third-order valence-electron chi connectivity index (χ3n) is 6.22. The first-order valence-corrected chi connectivity index (χ1v) is 9.63. The van der Waals surface area contributed by atoms with E-state index in [4.69, 9.17) is 4.74 Å². The van der Waals surface area contributed by atoms with Crippen molar-refractivity contribution in [2.75, 3.05) is 13.1 Å². The summed E-state index contributed by atoms with van der Waals surface area (Å²) in [4.78, 5) is 27.2. The molecule has 1 saturated carbocycles. The van der Waals surface area contributed by atoms with Crippen LogP contribution in [0.25, 0.3) is 0 Å². The average molecular weight is 357 g/mol. The summed E-state index contributed by atoms with van der Waals surface area (Å²) in [5.74, 6) is 0.581. The van der Waals surface area contributed by atoms with Gasteiger partial charge in [0.25, 0.3) is 0 Å². The molecule has 2 fully saturated rings. The molecular formula is C22H31NO3. The van der Waals surface area contributed by atoms with E-state index in [1.807, 2.05) is 31.7 Å². The number of carbonyl (C=O) groups excluding carboxylic acids is 2. The predicted octanol–water partition coefficient (Wildman–Crippen LogP) is 4.57. The van der Waals surface area contributed by atoms with Crippen LogP contribution in [-0.2, 0) is 14.9 Å². The first-order valence-electron chi connectivity index (χ1n) is 9.63. The van der Waals surface area contributed by atoms with Crippen LogP contribution in [0.2, 0.25) is 0 Å². The van der Waals surface area contributed by atoms with Crippen LogP contribution < -0.4 is 0 Å². The number of nitrogens with zero attached hydrogens (tertiary/aromatic N) is 1. The van der Waals surface area contributed by atoms with Crippen molar-refractivity contribution in [1.29, 1.82) is 0 Å². The zero-order chi connectivity index (χ0) is 19.2. The molecule has 3 rings (SSSR count). The molecule has 1 aromatic carbocycles. The highest BCUT2D eigenvalue weighted by Gasteiger charge is 2.56. The molecule has 0 N–H and O–H groups in total. The molecule has 1 heterocycles. The largest absolute Gasteiger partial charge is 0.444 e. The number of hydrogen-bond donors (Lipinski definition) is 0. The second-order valence-electron chi connectivity index (χ2n) is 9.41. The Hall–Kier alpha value is -1.84. The first-order chi connectivity index (χ1) is 12.1. The highest BCUT2D eigenvalue weighted by atomic mass is 16.6. The van der Waals surface area contributed by atoms with Crippen LogP contribution in [0.5, 0.6) is 0 Å². The van der Waals surface area contributed by atoms with Crippen molar-refractivity contribution in [2.45, 2.75) is 64.9 Å². The number of amides is 1. The van der Waals surface area contributed by atoms with Crippen molar-refractivity contribution in [3.8, 4) is 0 Å². The van der Waals surface area contributed by atoms with Gasteiger partial charge in [0.2, 0.25) is 0 Å². The quantitative estimate of drug-likeness (QED) is 0.739. The van der Waals surface area contributed by atoms with E-state index < -0.39 is 5.60 Å². The fourth-order valence-electron chi connectivity index (χ4n) is 4.94. The maximum atomic E-state index is 12.7. The van der Waals surface area contributed by atoms with E-state index >= 15 is 0 Å². The molecule has 0 spiro atoms. The summed E-state index contributed by atoms with van der Waals surface area (Å²) in [6.45, 7) is 11.1. The summed E-state index contributed by atoms with van der Waals surface area (Å²) in [5.41, 5.74) is 0.177. The maximum Gasteiger partial charge on any atom is 0.410 e. The monoisotopic (exact) mass is 357 g/mol. The maximum absolute atomic E-state index is 12.7. The molecule has 4 heteroatoms. The Balaban J connectivity index is 1.98. The molecule has 0 unspecified atom stereocenters. The van der Waals surface area contributed by atoms with Gasteiger partial charge in [0.15, 0.2) is 0 Å². The van der Waals surface area contributed by atoms with Crippen molar-refractivity contribution in [2.24, 2.45) is 11.3 Å². The minimum atomic E-state index is -0.504. The van der Waals surface area contributed by atoms with Crippen LogP contribution in [0.4, 0.5) is 4.79 Å². The minimum Gasteiger partial charge on any atom is -0.444 e. The van der Waals surface area contributed by atoms with Crippen molar-refractivity contribution in [1.82, 2.24) is 4.90 Å². The molecule has 4 nitrogen and oxygen atoms in total. The molecule has 1 saturated heterocycles. The van der Waals surface area contributed by atoms with Crippen LogP contribution >= 0.6 is 0 Å². The third-order valence-corrected chi connectivity index (χ3v) is 6.22. The van der Waals surface area contributed by atoms with Gasteiger partial charge in [-0.1, -0.05) is 44.2 Å². The number of ketones is 1. The van der Waals surface area contributed by atoms with Gasteiger partial charge in [0.1, 0.15) is 11.4 Å². The number of fused-ring (bicyclic) bond motifs is 1. The smallest absolute Gasteiger partial charge is 0.410 e. The number of likely N-dealkylation sites (tertiary alicyclic amines) is 1. The van der Waals surface area contributed by atoms with E-state index in [9.17, 15) is 9.59 Å². The summed E-state index contributed by atoms with van der Waals surface area (Å²) >= 11 is 0. The Morgan fingerprint density at radius 2 is 1.85 bits per heavy atom. The molecule has 26 heavy (non-hydrogen) atoms. The van der Waals surface area contributed by atoms with Crippen molar-refractivity contribution in [3.63, 3.8) is 0 Å². The number of ether oxygens (including phenoxy) is 1. The van der Waals surface area contributed by atoms with E-state index in [0.29, 0.717) is 25.3 Å². The van der Waals surface area contributed by atoms with E-state index in [0.717, 1.165) is 12.8 Å². The highest BCUT2D eigenvalue weighted by Crippen LogP contribution is 2.54. The topological polar surface area (TPSA) is 46.6 Å². The number of Topliss-reactive ketones (excluding diaryl/α,β-unsaturated/α-hetero) is 1. The Bertz CT molecular complexity index is 689. The van der Waals surface area contributed by atoms with Gasteiger partial charge < -0.3 is 9.64 Å². The van der Waals surface area contributed by atoms with Gasteiger partial charge in [0, 0.05) is 30.3 Å². The Labute approximate surface area is 156 Å². The number of benzene rings is 1. The van der Waals surface area contributed by atoms with E-state index in [1.54, 1.807) is 0 Å². The fraction of sp³-hybridized carbons (Fsp3) is 0.636. The number of rotatable bonds is 1. The van der Waals surface area contributed by atoms with Crippen LogP contribution in [0.15, 0.2) is 30.3 Å². The zero-order valence-corrected chi connectivity index (χ0v) is 16.7. The van der Waals surface area contributed by atoms with Gasteiger partial charge >= 0.3 is 6.09 Å². The van der Waals surface area contributed by atoms with Crippen molar-refractivity contribution >= 4 is 11.9 Å². The van der Waals surface area contributed by atoms with Crippen LogP contribution in [0.1, 0.15) is 59.4 Å². The summed E-state index contributed by atoms with van der Waals surface area (Å²) < 4.78 is 5.63.